The molecule has 0 radical (unpaired) electrons. The van der Waals surface area contributed by atoms with Gasteiger partial charge in [-0.2, -0.15) is 0 Å². The summed E-state index contributed by atoms with van der Waals surface area (Å²) < 4.78 is 5.73. The molecule has 0 heterocycles. The van der Waals surface area contributed by atoms with Gasteiger partial charge in [0.1, 0.15) is 0 Å². The van der Waals surface area contributed by atoms with Crippen molar-refractivity contribution >= 4 is 0 Å². The second kappa shape index (κ2) is 3.33. The molecular formula is C14H22O2. The average molecular weight is 222 g/mol. The minimum absolute atomic E-state index is 0.292. The van der Waals surface area contributed by atoms with Crippen molar-refractivity contribution in [3.63, 3.8) is 0 Å². The number of hydrogen-bond acceptors (Lipinski definition) is 2. The van der Waals surface area contributed by atoms with Gasteiger partial charge in [-0.1, -0.05) is 25.5 Å². The molecular weight excluding hydrogens is 200 g/mol. The van der Waals surface area contributed by atoms with E-state index in [0.29, 0.717) is 41.8 Å². The topological polar surface area (TPSA) is 29.5 Å². The van der Waals surface area contributed by atoms with Gasteiger partial charge in [-0.05, 0) is 36.0 Å². The smallest absolute Gasteiger partial charge is 0.0679 e. The molecule has 3 aliphatic carbocycles. The van der Waals surface area contributed by atoms with Crippen LogP contribution in [0.3, 0.4) is 0 Å². The van der Waals surface area contributed by atoms with Gasteiger partial charge in [0, 0.05) is 19.6 Å². The van der Waals surface area contributed by atoms with Crippen LogP contribution in [0.25, 0.3) is 0 Å². The van der Waals surface area contributed by atoms with Crippen LogP contribution < -0.4 is 0 Å². The van der Waals surface area contributed by atoms with Crippen molar-refractivity contribution in [2.24, 2.45) is 29.1 Å². The second-order valence-electron chi connectivity index (χ2n) is 6.10. The van der Waals surface area contributed by atoms with Crippen LogP contribution in [-0.4, -0.2) is 24.9 Å². The number of rotatable bonds is 2. The third kappa shape index (κ3) is 1.01. The Balaban J connectivity index is 2.05. The quantitative estimate of drug-likeness (QED) is 0.726. The zero-order valence-corrected chi connectivity index (χ0v) is 10.3. The highest BCUT2D eigenvalue weighted by atomic mass is 16.5. The molecule has 0 spiro atoms. The molecule has 0 aromatic carbocycles. The summed E-state index contributed by atoms with van der Waals surface area (Å²) in [5.41, 5.74) is 1.65. The molecule has 0 aliphatic heterocycles. The van der Waals surface area contributed by atoms with Crippen LogP contribution in [0.15, 0.2) is 12.2 Å². The summed E-state index contributed by atoms with van der Waals surface area (Å²) >= 11 is 0. The van der Waals surface area contributed by atoms with E-state index in [0.717, 1.165) is 0 Å². The number of fused-ring (bicyclic) bond motifs is 1. The normalized spacial score (nSPS) is 54.7. The summed E-state index contributed by atoms with van der Waals surface area (Å²) in [6, 6.07) is 0. The van der Waals surface area contributed by atoms with E-state index in [2.05, 4.69) is 13.5 Å². The number of aliphatic hydroxyl groups is 1. The minimum atomic E-state index is 0.292. The summed E-state index contributed by atoms with van der Waals surface area (Å²) in [6.45, 7) is 7.01. The first kappa shape index (κ1) is 10.8. The standard InChI is InChI=1S/C14H22O2/c1-8-11-10(7-15)9-5-4-6-14(8,2)12(9)13(11)16-3/h9-13,15H,1,4-7H2,2-3H3/t9-,10+,11+,12-,13-,14+/m1/s1. The van der Waals surface area contributed by atoms with Crippen molar-refractivity contribution < 1.29 is 9.84 Å². The van der Waals surface area contributed by atoms with Crippen LogP contribution in [0, 0.1) is 29.1 Å². The lowest BCUT2D eigenvalue weighted by molar-refractivity contribution is 0.00834. The molecule has 0 aromatic rings. The Kier molecular flexibility index (Phi) is 2.25. The molecule has 16 heavy (non-hydrogen) atoms. The van der Waals surface area contributed by atoms with E-state index in [4.69, 9.17) is 4.74 Å². The Morgan fingerprint density at radius 3 is 2.94 bits per heavy atom. The number of methoxy groups -OCH3 is 1. The summed E-state index contributed by atoms with van der Waals surface area (Å²) in [6.07, 6.45) is 4.15. The van der Waals surface area contributed by atoms with Gasteiger partial charge in [-0.3, -0.25) is 0 Å². The van der Waals surface area contributed by atoms with Gasteiger partial charge in [0.2, 0.25) is 0 Å². The average Bonchev–Trinajstić information content (AvgIpc) is 2.72. The van der Waals surface area contributed by atoms with Crippen molar-refractivity contribution in [3.8, 4) is 0 Å². The maximum atomic E-state index is 9.62. The monoisotopic (exact) mass is 222 g/mol. The Labute approximate surface area is 97.7 Å². The van der Waals surface area contributed by atoms with Gasteiger partial charge >= 0.3 is 0 Å². The first-order valence-electron chi connectivity index (χ1n) is 6.48. The number of aliphatic hydroxyl groups excluding tert-OH is 1. The third-order valence-corrected chi connectivity index (χ3v) is 5.77. The van der Waals surface area contributed by atoms with E-state index in [-0.39, 0.29) is 0 Å². The predicted octanol–water partition coefficient (Wildman–Crippen LogP) is 2.23. The van der Waals surface area contributed by atoms with Gasteiger partial charge in [-0.15, -0.1) is 0 Å². The Hall–Kier alpha value is -0.340. The van der Waals surface area contributed by atoms with Crippen LogP contribution >= 0.6 is 0 Å². The summed E-state index contributed by atoms with van der Waals surface area (Å²) in [7, 11) is 1.82. The summed E-state index contributed by atoms with van der Waals surface area (Å²) in [4.78, 5) is 0. The van der Waals surface area contributed by atoms with Crippen LogP contribution in [-0.2, 0) is 4.74 Å². The van der Waals surface area contributed by atoms with Crippen molar-refractivity contribution in [1.82, 2.24) is 0 Å². The molecule has 2 nitrogen and oxygen atoms in total. The van der Waals surface area contributed by atoms with Gasteiger partial charge < -0.3 is 9.84 Å². The maximum Gasteiger partial charge on any atom is 0.0679 e. The zero-order valence-electron chi connectivity index (χ0n) is 10.3. The van der Waals surface area contributed by atoms with Crippen LogP contribution in [0.1, 0.15) is 26.2 Å². The molecule has 3 rings (SSSR count). The first-order valence-corrected chi connectivity index (χ1v) is 6.48. The Morgan fingerprint density at radius 1 is 1.56 bits per heavy atom. The largest absolute Gasteiger partial charge is 0.396 e. The molecule has 90 valence electrons. The molecule has 1 N–H and O–H groups in total. The molecule has 2 heteroatoms. The fourth-order valence-corrected chi connectivity index (χ4v) is 5.10. The lowest BCUT2D eigenvalue weighted by Gasteiger charge is -2.47. The summed E-state index contributed by atoms with van der Waals surface area (Å²) in [5.74, 6) is 2.11. The lowest BCUT2D eigenvalue weighted by atomic mass is 9.57. The predicted molar refractivity (Wildman–Crippen MR) is 62.9 cm³/mol. The highest BCUT2D eigenvalue weighted by Crippen LogP contribution is 2.68. The molecule has 3 aliphatic rings. The molecule has 6 atom stereocenters. The molecule has 0 saturated heterocycles. The van der Waals surface area contributed by atoms with E-state index in [9.17, 15) is 5.11 Å². The molecule has 3 fully saturated rings. The lowest BCUT2D eigenvalue weighted by Crippen LogP contribution is -2.42. The van der Waals surface area contributed by atoms with E-state index >= 15 is 0 Å². The van der Waals surface area contributed by atoms with Crippen LogP contribution in [0.5, 0.6) is 0 Å². The number of hydrogen-bond donors (Lipinski definition) is 1. The van der Waals surface area contributed by atoms with E-state index in [1.54, 1.807) is 0 Å². The van der Waals surface area contributed by atoms with E-state index in [1.165, 1.54) is 24.8 Å². The summed E-state index contributed by atoms with van der Waals surface area (Å²) in [5, 5.41) is 9.62. The van der Waals surface area contributed by atoms with Crippen LogP contribution in [0.2, 0.25) is 0 Å². The van der Waals surface area contributed by atoms with Crippen molar-refractivity contribution in [3.05, 3.63) is 12.2 Å². The highest BCUT2D eigenvalue weighted by molar-refractivity contribution is 5.32. The molecule has 0 amide bonds. The third-order valence-electron chi connectivity index (χ3n) is 5.77. The SMILES string of the molecule is C=C1[C@H]2[C@@H](CO)[C@H]3CCC[C@]1(C)[C@H]3[C@@H]2OC. The number of ether oxygens (including phenoxy) is 1. The molecule has 0 aromatic heterocycles. The van der Waals surface area contributed by atoms with Crippen molar-refractivity contribution in [1.29, 1.82) is 0 Å². The molecule has 2 bridgehead atoms. The van der Waals surface area contributed by atoms with Crippen molar-refractivity contribution in [2.45, 2.75) is 32.3 Å². The fraction of sp³-hybridized carbons (Fsp3) is 0.857. The Bertz CT molecular complexity index is 325. The molecule has 3 saturated carbocycles. The first-order chi connectivity index (χ1) is 7.65. The minimum Gasteiger partial charge on any atom is -0.396 e. The van der Waals surface area contributed by atoms with Gasteiger partial charge in [0.15, 0.2) is 0 Å². The van der Waals surface area contributed by atoms with Gasteiger partial charge in [-0.25, -0.2) is 0 Å². The molecule has 0 unspecified atom stereocenters. The van der Waals surface area contributed by atoms with Gasteiger partial charge in [0.05, 0.1) is 6.10 Å². The van der Waals surface area contributed by atoms with Crippen molar-refractivity contribution in [2.75, 3.05) is 13.7 Å². The highest BCUT2D eigenvalue weighted by Gasteiger charge is 2.66. The van der Waals surface area contributed by atoms with E-state index < -0.39 is 0 Å². The van der Waals surface area contributed by atoms with Crippen LogP contribution in [0.4, 0.5) is 0 Å². The zero-order chi connectivity index (χ0) is 11.5. The second-order valence-corrected chi connectivity index (χ2v) is 6.10. The maximum absolute atomic E-state index is 9.62. The Morgan fingerprint density at radius 2 is 2.31 bits per heavy atom. The van der Waals surface area contributed by atoms with E-state index in [1.807, 2.05) is 7.11 Å². The fourth-order valence-electron chi connectivity index (χ4n) is 5.10. The van der Waals surface area contributed by atoms with Gasteiger partial charge in [0.25, 0.3) is 0 Å².